The standard InChI is InChI=1S/C41H45F6N9O5S/c1-39(2)36(59)55(27-8-7-25(21-48)31(20-27)40(42,43)44)38(62)56(39)26-9-11-29(12-10-26)61-18-17-52-15-16-53(32(23-52)41(45,46)47)22-28(57)19-24-5-4-6-30-34(24)51(3)50-35(30)54-14-13-33(58)49-37(54)60/h4-8,20,26,29,32H,9-19,22-23H2,1-3H3,(H,49,58,60)/t26?,29?,32-/m1/s1. The number of thiocarbonyl (C=S) groups is 1. The maximum Gasteiger partial charge on any atom is 0.417 e. The molecule has 62 heavy (non-hydrogen) atoms. The number of fused-ring (bicyclic) bond motifs is 1. The molecule has 0 radical (unpaired) electrons. The van der Waals surface area contributed by atoms with E-state index < -0.39 is 65.2 Å². The first-order valence-corrected chi connectivity index (χ1v) is 20.6. The summed E-state index contributed by atoms with van der Waals surface area (Å²) < 4.78 is 92.3. The Bertz CT molecular complexity index is 2320. The molecule has 4 fully saturated rings. The molecular weight excluding hydrogens is 845 g/mol. The van der Waals surface area contributed by atoms with Gasteiger partial charge in [0, 0.05) is 64.0 Å². The van der Waals surface area contributed by atoms with Crippen molar-refractivity contribution in [3.8, 4) is 6.07 Å². The summed E-state index contributed by atoms with van der Waals surface area (Å²) >= 11 is 5.69. The minimum atomic E-state index is -4.82. The van der Waals surface area contributed by atoms with Gasteiger partial charge in [-0.2, -0.15) is 36.7 Å². The summed E-state index contributed by atoms with van der Waals surface area (Å²) in [7, 11) is 1.64. The van der Waals surface area contributed by atoms with E-state index in [2.05, 4.69) is 10.4 Å². The van der Waals surface area contributed by atoms with Crippen molar-refractivity contribution in [3.05, 3.63) is 53.1 Å². The molecule has 3 saturated heterocycles. The van der Waals surface area contributed by atoms with Crippen molar-refractivity contribution in [2.24, 2.45) is 7.05 Å². The van der Waals surface area contributed by atoms with E-state index in [-0.39, 0.29) is 75.1 Å². The third-order valence-corrected chi connectivity index (χ3v) is 12.5. The zero-order valence-corrected chi connectivity index (χ0v) is 35.0. The highest BCUT2D eigenvalue weighted by Crippen LogP contribution is 2.41. The summed E-state index contributed by atoms with van der Waals surface area (Å²) in [6, 6.07) is 6.99. The number of ether oxygens (including phenoxy) is 1. The minimum absolute atomic E-state index is 0.00509. The lowest BCUT2D eigenvalue weighted by Crippen LogP contribution is -2.60. The van der Waals surface area contributed by atoms with E-state index in [0.717, 1.165) is 21.9 Å². The number of benzene rings is 2. The van der Waals surface area contributed by atoms with Gasteiger partial charge in [0.25, 0.3) is 5.91 Å². The number of imide groups is 1. The number of halogens is 6. The number of anilines is 2. The number of hydrogen-bond acceptors (Lipinski definition) is 10. The predicted molar refractivity (Wildman–Crippen MR) is 217 cm³/mol. The van der Waals surface area contributed by atoms with Crippen molar-refractivity contribution in [3.63, 3.8) is 0 Å². The Morgan fingerprint density at radius 2 is 1.76 bits per heavy atom. The number of amides is 4. The quantitative estimate of drug-likeness (QED) is 0.198. The molecule has 0 unspecified atom stereocenters. The van der Waals surface area contributed by atoms with E-state index in [1.807, 2.05) is 0 Å². The zero-order valence-electron chi connectivity index (χ0n) is 34.2. The Kier molecular flexibility index (Phi) is 12.4. The highest BCUT2D eigenvalue weighted by Gasteiger charge is 2.53. The molecule has 1 N–H and O–H groups in total. The van der Waals surface area contributed by atoms with Gasteiger partial charge in [-0.3, -0.25) is 44.0 Å². The third kappa shape index (κ3) is 8.87. The van der Waals surface area contributed by atoms with Gasteiger partial charge in [0.1, 0.15) is 11.6 Å². The Labute approximate surface area is 358 Å². The van der Waals surface area contributed by atoms with E-state index in [1.165, 1.54) is 21.7 Å². The lowest BCUT2D eigenvalue weighted by Gasteiger charge is -2.42. The molecule has 332 valence electrons. The zero-order chi connectivity index (χ0) is 44.9. The monoisotopic (exact) mass is 889 g/mol. The Hall–Kier alpha value is -5.17. The van der Waals surface area contributed by atoms with E-state index in [0.29, 0.717) is 48.0 Å². The van der Waals surface area contributed by atoms with E-state index in [4.69, 9.17) is 17.0 Å². The van der Waals surface area contributed by atoms with E-state index in [1.54, 1.807) is 48.9 Å². The number of nitriles is 1. The number of aryl methyl sites for hydroxylation is 1. The first-order valence-electron chi connectivity index (χ1n) is 20.2. The van der Waals surface area contributed by atoms with Crippen LogP contribution in [0.5, 0.6) is 0 Å². The molecule has 1 saturated carbocycles. The molecule has 1 atom stereocenters. The smallest absolute Gasteiger partial charge is 0.377 e. The van der Waals surface area contributed by atoms with Crippen LogP contribution in [-0.2, 0) is 38.8 Å². The number of urea groups is 1. The normalized spacial score (nSPS) is 23.0. The second-order valence-electron chi connectivity index (χ2n) is 16.6. The van der Waals surface area contributed by atoms with Gasteiger partial charge in [-0.15, -0.1) is 0 Å². The molecule has 0 bridgehead atoms. The molecule has 14 nitrogen and oxygen atoms in total. The summed E-state index contributed by atoms with van der Waals surface area (Å²) in [4.78, 5) is 58.2. The topological polar surface area (TPSA) is 147 Å². The lowest BCUT2D eigenvalue weighted by molar-refractivity contribution is -0.197. The summed E-state index contributed by atoms with van der Waals surface area (Å²) in [5.41, 5.74) is -1.88. The summed E-state index contributed by atoms with van der Waals surface area (Å²) in [6.45, 7) is 3.38. The van der Waals surface area contributed by atoms with Crippen LogP contribution < -0.4 is 15.1 Å². The Morgan fingerprint density at radius 3 is 2.42 bits per heavy atom. The molecular formula is C41H45F6N9O5S. The fourth-order valence-electron chi connectivity index (χ4n) is 9.06. The van der Waals surface area contributed by atoms with Crippen LogP contribution in [0.25, 0.3) is 10.9 Å². The van der Waals surface area contributed by atoms with Gasteiger partial charge in [-0.1, -0.05) is 12.1 Å². The fraction of sp³-hybridized carbons (Fsp3) is 0.537. The molecule has 1 aromatic heterocycles. The van der Waals surface area contributed by atoms with Crippen LogP contribution in [0, 0.1) is 11.3 Å². The fourth-order valence-corrected chi connectivity index (χ4v) is 9.62. The summed E-state index contributed by atoms with van der Waals surface area (Å²) in [5.74, 6) is -0.998. The van der Waals surface area contributed by atoms with E-state index >= 15 is 0 Å². The number of carbonyl (C=O) groups excluding carboxylic acids is 4. The van der Waals surface area contributed by atoms with Gasteiger partial charge in [0.2, 0.25) is 5.91 Å². The number of Topliss-reactive ketones (excluding diaryl/α,β-unsaturated/α-hetero) is 1. The van der Waals surface area contributed by atoms with Gasteiger partial charge in [-0.05, 0) is 81.6 Å². The Morgan fingerprint density at radius 1 is 1.03 bits per heavy atom. The molecule has 2 aromatic carbocycles. The van der Waals surface area contributed by atoms with Crippen LogP contribution in [-0.4, -0.2) is 129 Å². The van der Waals surface area contributed by atoms with Crippen molar-refractivity contribution in [2.45, 2.75) is 88.5 Å². The van der Waals surface area contributed by atoms with Crippen LogP contribution in [0.2, 0.25) is 0 Å². The molecule has 0 spiro atoms. The van der Waals surface area contributed by atoms with Gasteiger partial charge >= 0.3 is 18.4 Å². The van der Waals surface area contributed by atoms with Gasteiger partial charge in [0.05, 0.1) is 47.7 Å². The lowest BCUT2D eigenvalue weighted by atomic mass is 9.89. The van der Waals surface area contributed by atoms with Crippen molar-refractivity contribution >= 4 is 63.4 Å². The first kappa shape index (κ1) is 44.9. The number of alkyl halides is 6. The number of nitrogens with zero attached hydrogens (tertiary/aromatic N) is 8. The maximum absolute atomic E-state index is 14.5. The highest BCUT2D eigenvalue weighted by molar-refractivity contribution is 7.80. The van der Waals surface area contributed by atoms with Crippen molar-refractivity contribution in [2.75, 3.05) is 55.7 Å². The van der Waals surface area contributed by atoms with Crippen molar-refractivity contribution < 1.29 is 50.3 Å². The van der Waals surface area contributed by atoms with Crippen LogP contribution in [0.4, 0.5) is 42.6 Å². The van der Waals surface area contributed by atoms with Crippen LogP contribution in [0.1, 0.15) is 62.6 Å². The largest absolute Gasteiger partial charge is 0.417 e. The number of aromatic nitrogens is 2. The van der Waals surface area contributed by atoms with Gasteiger partial charge in [-0.25, -0.2) is 4.79 Å². The van der Waals surface area contributed by atoms with Crippen LogP contribution in [0.3, 0.4) is 0 Å². The average Bonchev–Trinajstić information content (AvgIpc) is 3.63. The van der Waals surface area contributed by atoms with E-state index in [9.17, 15) is 50.8 Å². The number of ketones is 1. The summed E-state index contributed by atoms with van der Waals surface area (Å²) in [6.07, 6.45) is -7.47. The summed E-state index contributed by atoms with van der Waals surface area (Å²) in [5, 5.41) is 16.6. The first-order chi connectivity index (χ1) is 29.2. The third-order valence-electron chi connectivity index (χ3n) is 12.1. The SMILES string of the molecule is Cn1nc(N2CCC(=O)NC2=O)c2cccc(CC(=O)CN3CCN(CCOC4CCC(N5C(=S)N(c6ccc(C#N)c(C(F)(F)F)c6)C(=O)C5(C)C)CC4)C[C@@H]3C(F)(F)F)c21. The van der Waals surface area contributed by atoms with Crippen LogP contribution >= 0.6 is 12.2 Å². The molecule has 3 aromatic rings. The molecule has 3 aliphatic heterocycles. The maximum atomic E-state index is 14.5. The average molecular weight is 890 g/mol. The minimum Gasteiger partial charge on any atom is -0.377 e. The number of piperazine rings is 1. The molecule has 4 aliphatic rings. The molecule has 4 amide bonds. The van der Waals surface area contributed by atoms with Crippen LogP contribution in [0.15, 0.2) is 36.4 Å². The highest BCUT2D eigenvalue weighted by atomic mass is 32.1. The Balaban J connectivity index is 0.910. The predicted octanol–water partition coefficient (Wildman–Crippen LogP) is 5.31. The number of para-hydroxylation sites is 1. The second kappa shape index (κ2) is 17.2. The van der Waals surface area contributed by atoms with Gasteiger partial charge < -0.3 is 9.64 Å². The molecule has 4 heterocycles. The number of rotatable bonds is 11. The molecule has 7 rings (SSSR count). The number of carbonyl (C=O) groups is 4. The number of hydrogen-bond donors (Lipinski definition) is 1. The number of nitrogens with one attached hydrogen (secondary N) is 1. The second-order valence-corrected chi connectivity index (χ2v) is 16.9. The molecule has 1 aliphatic carbocycles. The van der Waals surface area contributed by atoms with Crippen molar-refractivity contribution in [1.82, 2.24) is 29.8 Å². The van der Waals surface area contributed by atoms with Crippen molar-refractivity contribution in [1.29, 1.82) is 5.26 Å². The van der Waals surface area contributed by atoms with Gasteiger partial charge in [0.15, 0.2) is 16.7 Å². The molecule has 21 heteroatoms.